The van der Waals surface area contributed by atoms with E-state index in [0.29, 0.717) is 11.0 Å². The molecule has 0 saturated heterocycles. The second-order valence-electron chi connectivity index (χ2n) is 5.92. The lowest BCUT2D eigenvalue weighted by molar-refractivity contribution is -0.132. The molecule has 2 heterocycles. The van der Waals surface area contributed by atoms with Gasteiger partial charge in [0, 0.05) is 37.7 Å². The van der Waals surface area contributed by atoms with Gasteiger partial charge in [0.2, 0.25) is 11.8 Å². The van der Waals surface area contributed by atoms with Crippen LogP contribution in [0.1, 0.15) is 0 Å². The van der Waals surface area contributed by atoms with Crippen molar-refractivity contribution < 1.29 is 9.59 Å². The summed E-state index contributed by atoms with van der Waals surface area (Å²) in [6.45, 7) is 0.0174. The Hall–Kier alpha value is -3.20. The molecule has 144 valence electrons. The minimum atomic E-state index is -0.215. The Bertz CT molecular complexity index is 946. The zero-order chi connectivity index (χ0) is 19.9. The number of nitrogens with zero attached hydrogens (tertiary/aromatic N) is 5. The third-order valence-electron chi connectivity index (χ3n) is 4.00. The summed E-state index contributed by atoms with van der Waals surface area (Å²) in [5.74, 6) is 0.437. The van der Waals surface area contributed by atoms with Gasteiger partial charge < -0.3 is 10.2 Å². The van der Waals surface area contributed by atoms with E-state index in [1.807, 2.05) is 47.0 Å². The largest absolute Gasteiger partial charge is 0.358 e. The fourth-order valence-electron chi connectivity index (χ4n) is 2.48. The lowest BCUT2D eigenvalue weighted by atomic mass is 10.2. The van der Waals surface area contributed by atoms with Crippen molar-refractivity contribution in [2.45, 2.75) is 5.16 Å². The van der Waals surface area contributed by atoms with Crippen LogP contribution in [0.25, 0.3) is 17.1 Å². The van der Waals surface area contributed by atoms with Crippen molar-refractivity contribution in [3.05, 3.63) is 54.9 Å². The summed E-state index contributed by atoms with van der Waals surface area (Å²) >= 11 is 1.28. The number of para-hydroxylation sites is 1. The Kier molecular flexibility index (Phi) is 6.38. The van der Waals surface area contributed by atoms with Crippen LogP contribution < -0.4 is 5.32 Å². The molecule has 28 heavy (non-hydrogen) atoms. The zero-order valence-corrected chi connectivity index (χ0v) is 16.4. The third kappa shape index (κ3) is 4.55. The van der Waals surface area contributed by atoms with Crippen LogP contribution in [0.15, 0.2) is 60.0 Å². The van der Waals surface area contributed by atoms with E-state index >= 15 is 0 Å². The molecule has 0 radical (unpaired) electrons. The number of rotatable bonds is 7. The van der Waals surface area contributed by atoms with Gasteiger partial charge in [0.25, 0.3) is 0 Å². The molecular weight excluding hydrogens is 376 g/mol. The number of likely N-dealkylation sites (N-methyl/N-ethyl adjacent to an activating group) is 2. The van der Waals surface area contributed by atoms with Crippen LogP contribution in [-0.4, -0.2) is 62.9 Å². The molecule has 0 saturated carbocycles. The van der Waals surface area contributed by atoms with Gasteiger partial charge >= 0.3 is 0 Å². The maximum absolute atomic E-state index is 12.4. The van der Waals surface area contributed by atoms with Crippen LogP contribution >= 0.6 is 11.8 Å². The Morgan fingerprint density at radius 2 is 1.82 bits per heavy atom. The summed E-state index contributed by atoms with van der Waals surface area (Å²) in [6.07, 6.45) is 3.40. The van der Waals surface area contributed by atoms with E-state index in [0.717, 1.165) is 11.3 Å². The zero-order valence-electron chi connectivity index (χ0n) is 15.6. The highest BCUT2D eigenvalue weighted by atomic mass is 32.2. The van der Waals surface area contributed by atoms with Crippen molar-refractivity contribution in [1.29, 1.82) is 0 Å². The normalized spacial score (nSPS) is 10.5. The van der Waals surface area contributed by atoms with Crippen molar-refractivity contribution in [1.82, 2.24) is 30.0 Å². The highest BCUT2D eigenvalue weighted by Gasteiger charge is 2.19. The van der Waals surface area contributed by atoms with Gasteiger partial charge in [-0.15, -0.1) is 10.2 Å². The van der Waals surface area contributed by atoms with Crippen molar-refractivity contribution in [2.24, 2.45) is 0 Å². The molecule has 3 rings (SSSR count). The molecule has 2 amide bonds. The van der Waals surface area contributed by atoms with Gasteiger partial charge in [-0.2, -0.15) is 0 Å². The average molecular weight is 396 g/mol. The number of hydrogen-bond acceptors (Lipinski definition) is 6. The number of benzene rings is 1. The number of pyridine rings is 1. The van der Waals surface area contributed by atoms with Gasteiger partial charge in [0.15, 0.2) is 11.0 Å². The first-order valence-corrected chi connectivity index (χ1v) is 9.57. The standard InChI is InChI=1S/C19H20N6O2S/c1-20-16(26)12-24(2)17(27)13-28-19-23-22-18(14-8-10-21-11-9-14)25(19)15-6-4-3-5-7-15/h3-11H,12-13H2,1-2H3,(H,20,26). The summed E-state index contributed by atoms with van der Waals surface area (Å²) < 4.78 is 1.91. The van der Waals surface area contributed by atoms with E-state index < -0.39 is 0 Å². The molecular formula is C19H20N6O2S. The number of carbonyl (C=O) groups excluding carboxylic acids is 2. The molecule has 1 aromatic carbocycles. The van der Waals surface area contributed by atoms with Crippen LogP contribution in [-0.2, 0) is 9.59 Å². The summed E-state index contributed by atoms with van der Waals surface area (Å²) in [6, 6.07) is 13.4. The molecule has 0 bridgehead atoms. The molecule has 0 unspecified atom stereocenters. The molecule has 3 aromatic rings. The maximum atomic E-state index is 12.4. The number of hydrogen-bond donors (Lipinski definition) is 1. The monoisotopic (exact) mass is 396 g/mol. The van der Waals surface area contributed by atoms with Crippen LogP contribution in [0.5, 0.6) is 0 Å². The quantitative estimate of drug-likeness (QED) is 0.610. The Balaban J connectivity index is 1.85. The molecule has 1 N–H and O–H groups in total. The lowest BCUT2D eigenvalue weighted by Gasteiger charge is -2.16. The number of aromatic nitrogens is 4. The summed E-state index contributed by atoms with van der Waals surface area (Å²) in [5.41, 5.74) is 1.77. The highest BCUT2D eigenvalue weighted by Crippen LogP contribution is 2.27. The predicted molar refractivity (Wildman–Crippen MR) is 107 cm³/mol. The van der Waals surface area contributed by atoms with Gasteiger partial charge in [0.1, 0.15) is 0 Å². The first kappa shape index (κ1) is 19.6. The molecule has 9 heteroatoms. The average Bonchev–Trinajstić information content (AvgIpc) is 3.17. The Morgan fingerprint density at radius 3 is 2.50 bits per heavy atom. The van der Waals surface area contributed by atoms with E-state index in [2.05, 4.69) is 20.5 Å². The number of amides is 2. The Labute approximate surface area is 167 Å². The fraction of sp³-hybridized carbons (Fsp3) is 0.211. The summed E-state index contributed by atoms with van der Waals surface area (Å²) in [4.78, 5) is 29.2. The highest BCUT2D eigenvalue weighted by molar-refractivity contribution is 7.99. The van der Waals surface area contributed by atoms with Crippen LogP contribution in [0.4, 0.5) is 0 Å². The second kappa shape index (κ2) is 9.14. The van der Waals surface area contributed by atoms with Gasteiger partial charge in [0.05, 0.1) is 12.3 Å². The maximum Gasteiger partial charge on any atom is 0.239 e. The van der Waals surface area contributed by atoms with Gasteiger partial charge in [-0.05, 0) is 24.3 Å². The minimum absolute atomic E-state index is 0.0174. The number of thioether (sulfide) groups is 1. The van der Waals surface area contributed by atoms with Crippen LogP contribution in [0, 0.1) is 0 Å². The van der Waals surface area contributed by atoms with Gasteiger partial charge in [-0.25, -0.2) is 0 Å². The van der Waals surface area contributed by atoms with E-state index in [-0.39, 0.29) is 24.1 Å². The number of nitrogens with one attached hydrogen (secondary N) is 1. The summed E-state index contributed by atoms with van der Waals surface area (Å²) in [5, 5.41) is 11.7. The Morgan fingerprint density at radius 1 is 1.11 bits per heavy atom. The SMILES string of the molecule is CNC(=O)CN(C)C(=O)CSc1nnc(-c2ccncc2)n1-c1ccccc1. The third-order valence-corrected chi connectivity index (χ3v) is 4.91. The lowest BCUT2D eigenvalue weighted by Crippen LogP contribution is -2.37. The van der Waals surface area contributed by atoms with Crippen molar-refractivity contribution in [3.63, 3.8) is 0 Å². The van der Waals surface area contributed by atoms with Crippen molar-refractivity contribution >= 4 is 23.6 Å². The molecule has 0 spiro atoms. The van der Waals surface area contributed by atoms with E-state index in [9.17, 15) is 9.59 Å². The number of carbonyl (C=O) groups is 2. The molecule has 0 fully saturated rings. The smallest absolute Gasteiger partial charge is 0.239 e. The molecule has 0 aliphatic carbocycles. The van der Waals surface area contributed by atoms with Gasteiger partial charge in [-0.3, -0.25) is 19.1 Å². The van der Waals surface area contributed by atoms with Crippen molar-refractivity contribution in [2.75, 3.05) is 26.4 Å². The van der Waals surface area contributed by atoms with E-state index in [1.165, 1.54) is 16.7 Å². The summed E-state index contributed by atoms with van der Waals surface area (Å²) in [7, 11) is 3.14. The molecule has 0 aliphatic heterocycles. The fourth-order valence-corrected chi connectivity index (χ4v) is 3.37. The van der Waals surface area contributed by atoms with Crippen LogP contribution in [0.2, 0.25) is 0 Å². The van der Waals surface area contributed by atoms with Crippen LogP contribution in [0.3, 0.4) is 0 Å². The van der Waals surface area contributed by atoms with E-state index in [1.54, 1.807) is 26.5 Å². The van der Waals surface area contributed by atoms with Gasteiger partial charge in [-0.1, -0.05) is 30.0 Å². The predicted octanol–water partition coefficient (Wildman–Crippen LogP) is 1.63. The first-order chi connectivity index (χ1) is 13.6. The molecule has 2 aromatic heterocycles. The second-order valence-corrected chi connectivity index (χ2v) is 6.87. The molecule has 8 nitrogen and oxygen atoms in total. The minimum Gasteiger partial charge on any atom is -0.358 e. The molecule has 0 atom stereocenters. The topological polar surface area (TPSA) is 93.0 Å². The van der Waals surface area contributed by atoms with Crippen molar-refractivity contribution in [3.8, 4) is 17.1 Å². The molecule has 0 aliphatic rings. The van der Waals surface area contributed by atoms with E-state index in [4.69, 9.17) is 0 Å². The first-order valence-electron chi connectivity index (χ1n) is 8.58.